The van der Waals surface area contributed by atoms with Crippen molar-refractivity contribution in [3.63, 3.8) is 0 Å². The molecule has 0 aliphatic carbocycles. The molecule has 2 rings (SSSR count). The number of nitrogens with two attached hydrogens (primary N) is 1. The van der Waals surface area contributed by atoms with Crippen molar-refractivity contribution in [2.75, 3.05) is 13.1 Å². The van der Waals surface area contributed by atoms with E-state index in [1.165, 1.54) is 0 Å². The Balaban J connectivity index is 0.00000144. The van der Waals surface area contributed by atoms with Crippen LogP contribution in [-0.2, 0) is 10.2 Å². The summed E-state index contributed by atoms with van der Waals surface area (Å²) in [6, 6.07) is 7.75. The van der Waals surface area contributed by atoms with E-state index in [0.717, 1.165) is 31.5 Å². The molecule has 1 aliphatic rings. The maximum absolute atomic E-state index is 12.0. The average molecular weight is 274 g/mol. The molecule has 0 atom stereocenters. The van der Waals surface area contributed by atoms with E-state index in [9.17, 15) is 4.79 Å². The summed E-state index contributed by atoms with van der Waals surface area (Å²) in [4.78, 5) is 12.0. The van der Waals surface area contributed by atoms with Crippen molar-refractivity contribution in [3.8, 4) is 0 Å². The van der Waals surface area contributed by atoms with Crippen LogP contribution in [0.4, 0.5) is 0 Å². The molecule has 0 bridgehead atoms. The summed E-state index contributed by atoms with van der Waals surface area (Å²) < 4.78 is 0. The number of piperidine rings is 1. The lowest BCUT2D eigenvalue weighted by atomic mass is 9.70. The first kappa shape index (κ1) is 14.5. The molecule has 2 N–H and O–H groups in total. The highest BCUT2D eigenvalue weighted by atomic mass is 35.5. The molecular formula is C13H17Cl2NO. The summed E-state index contributed by atoms with van der Waals surface area (Å²) in [7, 11) is 0. The van der Waals surface area contributed by atoms with E-state index in [4.69, 9.17) is 11.6 Å². The Morgan fingerprint density at radius 1 is 1.35 bits per heavy atom. The number of ketones is 1. The van der Waals surface area contributed by atoms with Gasteiger partial charge >= 0.3 is 0 Å². The van der Waals surface area contributed by atoms with Gasteiger partial charge in [-0.05, 0) is 24.6 Å². The zero-order valence-corrected chi connectivity index (χ0v) is 11.4. The Bertz CT molecular complexity index is 400. The summed E-state index contributed by atoms with van der Waals surface area (Å²) in [5.74, 6) is 0.267. The van der Waals surface area contributed by atoms with Crippen molar-refractivity contribution in [2.24, 2.45) is 0 Å². The molecule has 4 heteroatoms. The van der Waals surface area contributed by atoms with Crippen LogP contribution in [0.25, 0.3) is 0 Å². The highest BCUT2D eigenvalue weighted by Gasteiger charge is 2.40. The SMILES string of the molecule is CC(=O)C1(c2cccc(Cl)c2)CC[NH2+]CC1.[Cl-]. The van der Waals surface area contributed by atoms with Gasteiger partial charge in [0.05, 0.1) is 18.5 Å². The van der Waals surface area contributed by atoms with Gasteiger partial charge in [0.1, 0.15) is 5.78 Å². The van der Waals surface area contributed by atoms with E-state index in [1.807, 2.05) is 24.3 Å². The maximum Gasteiger partial charge on any atom is 0.140 e. The number of quaternary nitrogens is 1. The standard InChI is InChI=1S/C13H16ClNO.ClH/c1-10(16)13(5-7-15-8-6-13)11-3-2-4-12(14)9-11;/h2-4,9,15H,5-8H2,1H3;1H. The fourth-order valence-corrected chi connectivity index (χ4v) is 2.79. The molecule has 0 radical (unpaired) electrons. The monoisotopic (exact) mass is 273 g/mol. The minimum Gasteiger partial charge on any atom is -1.00 e. The van der Waals surface area contributed by atoms with E-state index in [1.54, 1.807) is 6.92 Å². The first-order valence-corrected chi connectivity index (χ1v) is 6.12. The van der Waals surface area contributed by atoms with E-state index >= 15 is 0 Å². The highest BCUT2D eigenvalue weighted by molar-refractivity contribution is 6.30. The number of benzene rings is 1. The third-order valence-electron chi connectivity index (χ3n) is 3.60. The molecule has 1 fully saturated rings. The smallest absolute Gasteiger partial charge is 0.140 e. The minimum absolute atomic E-state index is 0. The Labute approximate surface area is 113 Å². The lowest BCUT2D eigenvalue weighted by Gasteiger charge is -2.34. The van der Waals surface area contributed by atoms with E-state index in [0.29, 0.717) is 5.02 Å². The zero-order valence-electron chi connectivity index (χ0n) is 9.88. The van der Waals surface area contributed by atoms with Gasteiger partial charge in [0.25, 0.3) is 0 Å². The van der Waals surface area contributed by atoms with Crippen molar-refractivity contribution in [2.45, 2.75) is 25.2 Å². The Morgan fingerprint density at radius 3 is 2.53 bits per heavy atom. The number of carbonyl (C=O) groups excluding carboxylic acids is 1. The van der Waals surface area contributed by atoms with Crippen LogP contribution >= 0.6 is 11.6 Å². The van der Waals surface area contributed by atoms with Crippen LogP contribution in [0, 0.1) is 0 Å². The van der Waals surface area contributed by atoms with Crippen molar-refractivity contribution in [3.05, 3.63) is 34.9 Å². The minimum atomic E-state index is -0.292. The number of carbonyl (C=O) groups is 1. The molecule has 0 aromatic heterocycles. The molecule has 1 aromatic carbocycles. The van der Waals surface area contributed by atoms with E-state index in [-0.39, 0.29) is 23.6 Å². The van der Waals surface area contributed by atoms with Gasteiger partial charge in [-0.3, -0.25) is 4.79 Å². The number of hydrogen-bond donors (Lipinski definition) is 1. The fraction of sp³-hybridized carbons (Fsp3) is 0.462. The van der Waals surface area contributed by atoms with Crippen molar-refractivity contribution in [1.29, 1.82) is 0 Å². The van der Waals surface area contributed by atoms with Crippen LogP contribution in [-0.4, -0.2) is 18.9 Å². The van der Waals surface area contributed by atoms with E-state index in [2.05, 4.69) is 5.32 Å². The second-order valence-corrected chi connectivity index (χ2v) is 4.95. The molecule has 17 heavy (non-hydrogen) atoms. The Hall–Kier alpha value is -0.570. The molecule has 0 unspecified atom stereocenters. The second kappa shape index (κ2) is 5.85. The van der Waals surface area contributed by atoms with Crippen molar-refractivity contribution in [1.82, 2.24) is 0 Å². The number of halogens is 2. The molecule has 0 amide bonds. The number of rotatable bonds is 2. The summed E-state index contributed by atoms with van der Waals surface area (Å²) in [5.41, 5.74) is 0.792. The van der Waals surface area contributed by atoms with Crippen LogP contribution in [0.3, 0.4) is 0 Å². The highest BCUT2D eigenvalue weighted by Crippen LogP contribution is 2.34. The van der Waals surface area contributed by atoms with Gasteiger partial charge in [0, 0.05) is 17.9 Å². The van der Waals surface area contributed by atoms with E-state index < -0.39 is 0 Å². The third kappa shape index (κ3) is 2.82. The lowest BCUT2D eigenvalue weighted by molar-refractivity contribution is -0.664. The van der Waals surface area contributed by atoms with Crippen molar-refractivity contribution < 1.29 is 22.5 Å². The molecule has 94 valence electrons. The van der Waals surface area contributed by atoms with Gasteiger partial charge in [-0.1, -0.05) is 23.7 Å². The van der Waals surface area contributed by atoms with Gasteiger partial charge in [0.15, 0.2) is 0 Å². The average Bonchev–Trinajstić information content (AvgIpc) is 2.30. The predicted molar refractivity (Wildman–Crippen MR) is 64.7 cm³/mol. The molecule has 2 nitrogen and oxygen atoms in total. The van der Waals surface area contributed by atoms with Gasteiger partial charge in [-0.2, -0.15) is 0 Å². The lowest BCUT2D eigenvalue weighted by Crippen LogP contribution is -3.00. The molecular weight excluding hydrogens is 257 g/mol. The molecule has 1 aromatic rings. The normalized spacial score (nSPS) is 18.2. The van der Waals surface area contributed by atoms with Crippen LogP contribution in [0.15, 0.2) is 24.3 Å². The van der Waals surface area contributed by atoms with Gasteiger partial charge in [0.2, 0.25) is 0 Å². The topological polar surface area (TPSA) is 33.7 Å². The first-order valence-electron chi connectivity index (χ1n) is 5.74. The molecule has 1 heterocycles. The Morgan fingerprint density at radius 2 is 2.00 bits per heavy atom. The quantitative estimate of drug-likeness (QED) is 0.702. The largest absolute Gasteiger partial charge is 1.00 e. The summed E-state index contributed by atoms with van der Waals surface area (Å²) in [5, 5.41) is 2.99. The number of Topliss-reactive ketones (excluding diaryl/α,β-unsaturated/α-hetero) is 1. The van der Waals surface area contributed by atoms with Crippen LogP contribution < -0.4 is 17.7 Å². The van der Waals surface area contributed by atoms with Crippen LogP contribution in [0.5, 0.6) is 0 Å². The van der Waals surface area contributed by atoms with Gasteiger partial charge in [-0.25, -0.2) is 0 Å². The second-order valence-electron chi connectivity index (χ2n) is 4.51. The van der Waals surface area contributed by atoms with Crippen LogP contribution in [0.2, 0.25) is 5.02 Å². The van der Waals surface area contributed by atoms with Crippen LogP contribution in [0.1, 0.15) is 25.3 Å². The fourth-order valence-electron chi connectivity index (χ4n) is 2.60. The van der Waals surface area contributed by atoms with Crippen molar-refractivity contribution >= 4 is 17.4 Å². The summed E-state index contributed by atoms with van der Waals surface area (Å²) in [6.45, 7) is 3.74. The molecule has 1 aliphatic heterocycles. The first-order chi connectivity index (χ1) is 7.65. The summed E-state index contributed by atoms with van der Waals surface area (Å²) in [6.07, 6.45) is 1.84. The number of hydrogen-bond acceptors (Lipinski definition) is 1. The van der Waals surface area contributed by atoms with Gasteiger partial charge < -0.3 is 17.7 Å². The molecule has 0 saturated carbocycles. The maximum atomic E-state index is 12.0. The van der Waals surface area contributed by atoms with Gasteiger partial charge in [-0.15, -0.1) is 0 Å². The summed E-state index contributed by atoms with van der Waals surface area (Å²) >= 11 is 6.01. The third-order valence-corrected chi connectivity index (χ3v) is 3.84. The predicted octanol–water partition coefficient (Wildman–Crippen LogP) is -1.47. The Kier molecular flexibility index (Phi) is 4.99. The molecule has 0 spiro atoms. The molecule has 1 saturated heterocycles. The zero-order chi connectivity index (χ0) is 11.6.